The Morgan fingerprint density at radius 1 is 1.30 bits per heavy atom. The zero-order chi connectivity index (χ0) is 16.1. The maximum absolute atomic E-state index is 11.7. The van der Waals surface area contributed by atoms with Crippen molar-refractivity contribution in [1.29, 1.82) is 0 Å². The van der Waals surface area contributed by atoms with Crippen LogP contribution >= 0.6 is 11.3 Å². The number of thiazole rings is 1. The number of nitrogen functional groups attached to an aromatic ring is 1. The Labute approximate surface area is 136 Å². The number of benzene rings is 1. The summed E-state index contributed by atoms with van der Waals surface area (Å²) in [5.74, 6) is 1.10. The Balaban J connectivity index is 1.49. The lowest BCUT2D eigenvalue weighted by atomic mass is 10.2. The van der Waals surface area contributed by atoms with Crippen LogP contribution in [0.3, 0.4) is 0 Å². The van der Waals surface area contributed by atoms with Gasteiger partial charge in [0, 0.05) is 10.9 Å². The van der Waals surface area contributed by atoms with Crippen molar-refractivity contribution in [3.63, 3.8) is 0 Å². The molecule has 0 spiro atoms. The van der Waals surface area contributed by atoms with Gasteiger partial charge in [0.05, 0.1) is 18.5 Å². The number of anilines is 1. The van der Waals surface area contributed by atoms with Gasteiger partial charge in [-0.1, -0.05) is 0 Å². The Hall–Kier alpha value is -2.80. The van der Waals surface area contributed by atoms with Crippen molar-refractivity contribution < 1.29 is 13.9 Å². The molecule has 1 aromatic carbocycles. The first kappa shape index (κ1) is 15.1. The molecular formula is C16H15N3O3S. The zero-order valence-electron chi connectivity index (χ0n) is 12.2. The van der Waals surface area contributed by atoms with Crippen molar-refractivity contribution in [2.75, 3.05) is 12.3 Å². The maximum atomic E-state index is 11.7. The highest BCUT2D eigenvalue weighted by Gasteiger charge is 2.06. The topological polar surface area (TPSA) is 90.4 Å². The summed E-state index contributed by atoms with van der Waals surface area (Å²) in [6, 6.07) is 10.9. The quantitative estimate of drug-likeness (QED) is 0.725. The van der Waals surface area contributed by atoms with Gasteiger partial charge in [-0.2, -0.15) is 0 Å². The van der Waals surface area contributed by atoms with Crippen LogP contribution in [0, 0.1) is 0 Å². The number of ether oxygens (including phenoxy) is 1. The van der Waals surface area contributed by atoms with Crippen molar-refractivity contribution in [3.8, 4) is 17.0 Å². The molecule has 3 N–H and O–H groups in total. The van der Waals surface area contributed by atoms with E-state index in [1.165, 1.54) is 11.3 Å². The first-order valence-corrected chi connectivity index (χ1v) is 7.82. The number of aromatic nitrogens is 1. The molecule has 0 aliphatic carbocycles. The van der Waals surface area contributed by atoms with Crippen LogP contribution in [-0.4, -0.2) is 17.5 Å². The minimum atomic E-state index is -0.210. The largest absolute Gasteiger partial charge is 0.484 e. The molecule has 2 heterocycles. The molecule has 6 nitrogen and oxygen atoms in total. The van der Waals surface area contributed by atoms with Gasteiger partial charge in [-0.05, 0) is 36.4 Å². The third kappa shape index (κ3) is 4.10. The predicted octanol–water partition coefficient (Wildman–Crippen LogP) is 2.68. The monoisotopic (exact) mass is 329 g/mol. The summed E-state index contributed by atoms with van der Waals surface area (Å²) < 4.78 is 10.6. The smallest absolute Gasteiger partial charge is 0.258 e. The van der Waals surface area contributed by atoms with Gasteiger partial charge in [-0.25, -0.2) is 4.98 Å². The summed E-state index contributed by atoms with van der Waals surface area (Å²) in [7, 11) is 0. The fourth-order valence-corrected chi connectivity index (χ4v) is 2.51. The molecule has 0 radical (unpaired) electrons. The number of furan rings is 1. The molecular weight excluding hydrogens is 314 g/mol. The van der Waals surface area contributed by atoms with E-state index in [1.807, 2.05) is 17.5 Å². The van der Waals surface area contributed by atoms with E-state index in [0.717, 1.165) is 11.3 Å². The highest BCUT2D eigenvalue weighted by molar-refractivity contribution is 7.13. The summed E-state index contributed by atoms with van der Waals surface area (Å²) in [6.45, 7) is 0.295. The molecule has 23 heavy (non-hydrogen) atoms. The number of hydrogen-bond donors (Lipinski definition) is 2. The second-order valence-corrected chi connectivity index (χ2v) is 5.63. The number of amides is 1. The number of carbonyl (C=O) groups is 1. The molecule has 3 rings (SSSR count). The molecule has 0 saturated carbocycles. The van der Waals surface area contributed by atoms with Crippen molar-refractivity contribution in [3.05, 3.63) is 53.8 Å². The van der Waals surface area contributed by atoms with Crippen LogP contribution in [0.25, 0.3) is 11.3 Å². The molecule has 0 atom stereocenters. The summed E-state index contributed by atoms with van der Waals surface area (Å²) in [5, 5.41) is 5.15. The molecule has 2 aromatic heterocycles. The van der Waals surface area contributed by atoms with Gasteiger partial charge in [0.25, 0.3) is 5.91 Å². The number of carbonyl (C=O) groups excluding carboxylic acids is 1. The Morgan fingerprint density at radius 2 is 2.13 bits per heavy atom. The van der Waals surface area contributed by atoms with E-state index < -0.39 is 0 Å². The summed E-state index contributed by atoms with van der Waals surface area (Å²) in [6.07, 6.45) is 1.56. The Kier molecular flexibility index (Phi) is 4.58. The third-order valence-electron chi connectivity index (χ3n) is 3.08. The average Bonchev–Trinajstić information content (AvgIpc) is 3.23. The minimum absolute atomic E-state index is 0.0519. The molecule has 3 aromatic rings. The van der Waals surface area contributed by atoms with Gasteiger partial charge >= 0.3 is 0 Å². The standard InChI is InChI=1S/C16H15N3O3S/c17-16-19-14(10-23-16)11-3-5-12(6-4-11)22-9-15(20)18-8-13-2-1-7-21-13/h1-7,10H,8-9H2,(H2,17,19)(H,18,20). The van der Waals surface area contributed by atoms with Gasteiger partial charge in [0.15, 0.2) is 11.7 Å². The molecule has 7 heteroatoms. The molecule has 0 saturated heterocycles. The van der Waals surface area contributed by atoms with Gasteiger partial charge in [0.2, 0.25) is 0 Å². The molecule has 0 fully saturated rings. The predicted molar refractivity (Wildman–Crippen MR) is 88.0 cm³/mol. The summed E-state index contributed by atoms with van der Waals surface area (Å²) in [5.41, 5.74) is 7.40. The first-order chi connectivity index (χ1) is 11.2. The molecule has 0 aliphatic rings. The van der Waals surface area contributed by atoms with Crippen LogP contribution in [0.2, 0.25) is 0 Å². The van der Waals surface area contributed by atoms with Gasteiger partial charge < -0.3 is 20.2 Å². The number of hydrogen-bond acceptors (Lipinski definition) is 6. The fraction of sp³-hybridized carbons (Fsp3) is 0.125. The van der Waals surface area contributed by atoms with E-state index in [2.05, 4.69) is 10.3 Å². The van der Waals surface area contributed by atoms with E-state index in [4.69, 9.17) is 14.9 Å². The van der Waals surface area contributed by atoms with Gasteiger partial charge in [-0.15, -0.1) is 11.3 Å². The number of rotatable bonds is 6. The van der Waals surface area contributed by atoms with Crippen molar-refractivity contribution in [1.82, 2.24) is 10.3 Å². The second-order valence-electron chi connectivity index (χ2n) is 4.74. The first-order valence-electron chi connectivity index (χ1n) is 6.94. The third-order valence-corrected chi connectivity index (χ3v) is 3.76. The molecule has 118 valence electrons. The highest BCUT2D eigenvalue weighted by atomic mass is 32.1. The maximum Gasteiger partial charge on any atom is 0.258 e. The Bertz CT molecular complexity index is 766. The van der Waals surface area contributed by atoms with E-state index in [0.29, 0.717) is 23.2 Å². The number of nitrogens with one attached hydrogen (secondary N) is 1. The van der Waals surface area contributed by atoms with Crippen LogP contribution in [-0.2, 0) is 11.3 Å². The van der Waals surface area contributed by atoms with Crippen LogP contribution < -0.4 is 15.8 Å². The SMILES string of the molecule is Nc1nc(-c2ccc(OCC(=O)NCc3ccco3)cc2)cs1. The lowest BCUT2D eigenvalue weighted by Crippen LogP contribution is -2.28. The minimum Gasteiger partial charge on any atom is -0.484 e. The number of nitrogens with two attached hydrogens (primary N) is 1. The summed E-state index contributed by atoms with van der Waals surface area (Å²) >= 11 is 1.40. The van der Waals surface area contributed by atoms with E-state index in [1.54, 1.807) is 30.5 Å². The normalized spacial score (nSPS) is 10.4. The highest BCUT2D eigenvalue weighted by Crippen LogP contribution is 2.24. The van der Waals surface area contributed by atoms with Crippen molar-refractivity contribution >= 4 is 22.4 Å². The summed E-state index contributed by atoms with van der Waals surface area (Å²) in [4.78, 5) is 15.9. The van der Waals surface area contributed by atoms with Crippen molar-refractivity contribution in [2.24, 2.45) is 0 Å². The average molecular weight is 329 g/mol. The molecule has 0 bridgehead atoms. The van der Waals surface area contributed by atoms with Crippen LogP contribution in [0.1, 0.15) is 5.76 Å². The van der Waals surface area contributed by atoms with Crippen LogP contribution in [0.5, 0.6) is 5.75 Å². The lowest BCUT2D eigenvalue weighted by Gasteiger charge is -2.07. The Morgan fingerprint density at radius 3 is 2.78 bits per heavy atom. The van der Waals surface area contributed by atoms with Gasteiger partial charge in [0.1, 0.15) is 11.5 Å². The fourth-order valence-electron chi connectivity index (χ4n) is 1.94. The zero-order valence-corrected chi connectivity index (χ0v) is 13.0. The van der Waals surface area contributed by atoms with Crippen molar-refractivity contribution in [2.45, 2.75) is 6.54 Å². The lowest BCUT2D eigenvalue weighted by molar-refractivity contribution is -0.123. The van der Waals surface area contributed by atoms with E-state index in [-0.39, 0.29) is 12.5 Å². The molecule has 0 aliphatic heterocycles. The molecule has 0 unspecified atom stereocenters. The molecule has 1 amide bonds. The second kappa shape index (κ2) is 6.97. The number of nitrogens with zero attached hydrogens (tertiary/aromatic N) is 1. The van der Waals surface area contributed by atoms with Crippen LogP contribution in [0.4, 0.5) is 5.13 Å². The van der Waals surface area contributed by atoms with Crippen LogP contribution in [0.15, 0.2) is 52.5 Å². The van der Waals surface area contributed by atoms with E-state index in [9.17, 15) is 4.79 Å². The van der Waals surface area contributed by atoms with Gasteiger partial charge in [-0.3, -0.25) is 4.79 Å². The van der Waals surface area contributed by atoms with E-state index >= 15 is 0 Å².